The Morgan fingerprint density at radius 1 is 1.77 bits per heavy atom. The van der Waals surface area contributed by atoms with Crippen molar-refractivity contribution in [1.29, 1.82) is 0 Å². The predicted octanol–water partition coefficient (Wildman–Crippen LogP) is -0.176. The number of carbonyl (C=O) groups excluding carboxylic acids is 1. The summed E-state index contributed by atoms with van der Waals surface area (Å²) in [6.07, 6.45) is 1.35. The van der Waals surface area contributed by atoms with Crippen LogP contribution in [0.15, 0.2) is 12.3 Å². The Kier molecular flexibility index (Phi) is 2.69. The van der Waals surface area contributed by atoms with Gasteiger partial charge in [0.15, 0.2) is 11.5 Å². The fourth-order valence-corrected chi connectivity index (χ4v) is 0.936. The molecule has 5 nitrogen and oxygen atoms in total. The summed E-state index contributed by atoms with van der Waals surface area (Å²) in [6, 6.07) is 1.50. The van der Waals surface area contributed by atoms with Crippen molar-refractivity contribution < 1.29 is 14.6 Å². The van der Waals surface area contributed by atoms with Gasteiger partial charge in [-0.2, -0.15) is 0 Å². The molecule has 0 aliphatic heterocycles. The fraction of sp³-hybridized carbons (Fsp3) is 0.250. The zero-order valence-electron chi connectivity index (χ0n) is 7.15. The molecule has 3 N–H and O–H groups in total. The van der Waals surface area contributed by atoms with Gasteiger partial charge in [-0.3, -0.25) is 9.78 Å². The second-order valence-corrected chi connectivity index (χ2v) is 2.45. The van der Waals surface area contributed by atoms with E-state index in [1.165, 1.54) is 19.4 Å². The van der Waals surface area contributed by atoms with Crippen molar-refractivity contribution in [2.75, 3.05) is 7.11 Å². The van der Waals surface area contributed by atoms with Gasteiger partial charge in [0.25, 0.3) is 0 Å². The molecule has 1 amide bonds. The molecule has 0 spiro atoms. The second kappa shape index (κ2) is 3.75. The Morgan fingerprint density at radius 2 is 2.46 bits per heavy atom. The van der Waals surface area contributed by atoms with E-state index in [2.05, 4.69) is 4.98 Å². The van der Waals surface area contributed by atoms with Crippen LogP contribution in [-0.4, -0.2) is 23.1 Å². The van der Waals surface area contributed by atoms with Crippen LogP contribution in [0, 0.1) is 0 Å². The molecule has 5 heteroatoms. The number of aromatic nitrogens is 1. The highest BCUT2D eigenvalue weighted by molar-refractivity contribution is 5.77. The minimum atomic E-state index is -0.545. The van der Waals surface area contributed by atoms with Crippen molar-refractivity contribution in [2.24, 2.45) is 5.73 Å². The van der Waals surface area contributed by atoms with Gasteiger partial charge in [-0.1, -0.05) is 0 Å². The van der Waals surface area contributed by atoms with E-state index in [0.717, 1.165) is 0 Å². The summed E-state index contributed by atoms with van der Waals surface area (Å²) in [6.45, 7) is 0. The fourth-order valence-electron chi connectivity index (χ4n) is 0.936. The number of pyridine rings is 1. The summed E-state index contributed by atoms with van der Waals surface area (Å²) in [5.41, 5.74) is 5.18. The molecule has 0 atom stereocenters. The van der Waals surface area contributed by atoms with Gasteiger partial charge < -0.3 is 15.6 Å². The first-order valence-electron chi connectivity index (χ1n) is 3.64. The lowest BCUT2D eigenvalue weighted by Crippen LogP contribution is -2.14. The van der Waals surface area contributed by atoms with Gasteiger partial charge >= 0.3 is 0 Å². The second-order valence-electron chi connectivity index (χ2n) is 2.45. The van der Waals surface area contributed by atoms with E-state index >= 15 is 0 Å². The van der Waals surface area contributed by atoms with Crippen LogP contribution in [0.4, 0.5) is 0 Å². The lowest BCUT2D eigenvalue weighted by Gasteiger charge is -2.05. The maximum absolute atomic E-state index is 10.6. The lowest BCUT2D eigenvalue weighted by molar-refractivity contribution is -0.117. The molecule has 0 saturated carbocycles. The number of primary amides is 1. The third-order valence-corrected chi connectivity index (χ3v) is 1.52. The summed E-state index contributed by atoms with van der Waals surface area (Å²) in [7, 11) is 1.42. The smallest absolute Gasteiger partial charge is 0.223 e. The number of hydrogen-bond acceptors (Lipinski definition) is 4. The Morgan fingerprint density at radius 3 is 3.00 bits per heavy atom. The average Bonchev–Trinajstić information content (AvgIpc) is 2.08. The summed E-state index contributed by atoms with van der Waals surface area (Å²) in [5.74, 6) is -0.397. The van der Waals surface area contributed by atoms with E-state index < -0.39 is 5.91 Å². The molecule has 1 aromatic rings. The normalized spacial score (nSPS) is 9.62. The molecule has 0 bridgehead atoms. The molecule has 0 aliphatic carbocycles. The predicted molar refractivity (Wildman–Crippen MR) is 45.4 cm³/mol. The molecule has 1 aromatic heterocycles. The molecule has 0 radical (unpaired) electrons. The minimum Gasteiger partial charge on any atom is -0.503 e. The summed E-state index contributed by atoms with van der Waals surface area (Å²) < 4.78 is 4.83. The Balaban J connectivity index is 3.01. The van der Waals surface area contributed by atoms with Crippen molar-refractivity contribution >= 4 is 5.91 Å². The number of methoxy groups -OCH3 is 1. The molecule has 70 valence electrons. The molecule has 0 aromatic carbocycles. The lowest BCUT2D eigenvalue weighted by atomic mass is 10.2. The van der Waals surface area contributed by atoms with E-state index in [4.69, 9.17) is 10.5 Å². The third-order valence-electron chi connectivity index (χ3n) is 1.52. The van der Waals surface area contributed by atoms with E-state index in [0.29, 0.717) is 0 Å². The van der Waals surface area contributed by atoms with E-state index in [9.17, 15) is 9.90 Å². The standard InChI is InChI=1S/C8H10N2O3/c1-13-6-2-3-10-5(8(6)12)4-7(9)11/h2-3,12H,4H2,1H3,(H2,9,11). The van der Waals surface area contributed by atoms with Crippen molar-refractivity contribution in [3.8, 4) is 11.5 Å². The molecule has 0 fully saturated rings. The van der Waals surface area contributed by atoms with Crippen molar-refractivity contribution in [1.82, 2.24) is 4.98 Å². The number of rotatable bonds is 3. The van der Waals surface area contributed by atoms with Crippen LogP contribution in [0.25, 0.3) is 0 Å². The number of carbonyl (C=O) groups is 1. The maximum atomic E-state index is 10.6. The Hall–Kier alpha value is -1.78. The Bertz CT molecular complexity index is 325. The minimum absolute atomic E-state index is 0.0942. The van der Waals surface area contributed by atoms with Gasteiger partial charge in [0, 0.05) is 12.3 Å². The first kappa shape index (κ1) is 9.31. The zero-order chi connectivity index (χ0) is 9.84. The first-order valence-corrected chi connectivity index (χ1v) is 3.64. The summed E-state index contributed by atoms with van der Waals surface area (Å²) in [4.78, 5) is 14.3. The first-order chi connectivity index (χ1) is 6.15. The van der Waals surface area contributed by atoms with Crippen molar-refractivity contribution in [3.63, 3.8) is 0 Å². The van der Waals surface area contributed by atoms with Crippen LogP contribution in [0.5, 0.6) is 11.5 Å². The molecule has 1 rings (SSSR count). The monoisotopic (exact) mass is 182 g/mol. The van der Waals surface area contributed by atoms with Crippen LogP contribution in [0.1, 0.15) is 5.69 Å². The van der Waals surface area contributed by atoms with Gasteiger partial charge in [0.1, 0.15) is 0 Å². The molecule has 0 unspecified atom stereocenters. The molecule has 0 saturated heterocycles. The van der Waals surface area contributed by atoms with Gasteiger partial charge in [0.05, 0.1) is 19.2 Å². The van der Waals surface area contributed by atoms with Crippen molar-refractivity contribution in [3.05, 3.63) is 18.0 Å². The van der Waals surface area contributed by atoms with E-state index in [1.807, 2.05) is 0 Å². The highest BCUT2D eigenvalue weighted by atomic mass is 16.5. The topological polar surface area (TPSA) is 85.4 Å². The SMILES string of the molecule is COc1ccnc(CC(N)=O)c1O. The summed E-state index contributed by atoms with van der Waals surface area (Å²) in [5, 5.41) is 9.44. The zero-order valence-corrected chi connectivity index (χ0v) is 7.15. The van der Waals surface area contributed by atoms with Gasteiger partial charge in [-0.05, 0) is 0 Å². The van der Waals surface area contributed by atoms with E-state index in [-0.39, 0.29) is 23.6 Å². The number of nitrogens with two attached hydrogens (primary N) is 1. The van der Waals surface area contributed by atoms with Crippen LogP contribution < -0.4 is 10.5 Å². The van der Waals surface area contributed by atoms with Crippen LogP contribution in [-0.2, 0) is 11.2 Å². The highest BCUT2D eigenvalue weighted by Gasteiger charge is 2.10. The number of amides is 1. The number of hydrogen-bond donors (Lipinski definition) is 2. The van der Waals surface area contributed by atoms with Crippen LogP contribution >= 0.6 is 0 Å². The Labute approximate surface area is 75.2 Å². The number of nitrogens with zero attached hydrogens (tertiary/aromatic N) is 1. The van der Waals surface area contributed by atoms with Crippen molar-refractivity contribution in [2.45, 2.75) is 6.42 Å². The quantitative estimate of drug-likeness (QED) is 0.679. The van der Waals surface area contributed by atoms with Gasteiger partial charge in [-0.25, -0.2) is 0 Å². The van der Waals surface area contributed by atoms with Gasteiger partial charge in [-0.15, -0.1) is 0 Å². The highest BCUT2D eigenvalue weighted by Crippen LogP contribution is 2.27. The van der Waals surface area contributed by atoms with E-state index in [1.54, 1.807) is 0 Å². The third kappa shape index (κ3) is 2.08. The average molecular weight is 182 g/mol. The maximum Gasteiger partial charge on any atom is 0.223 e. The number of aromatic hydroxyl groups is 1. The molecular weight excluding hydrogens is 172 g/mol. The molecule has 13 heavy (non-hydrogen) atoms. The molecular formula is C8H10N2O3. The largest absolute Gasteiger partial charge is 0.503 e. The number of ether oxygens (including phenoxy) is 1. The van der Waals surface area contributed by atoms with Crippen LogP contribution in [0.2, 0.25) is 0 Å². The molecule has 1 heterocycles. The van der Waals surface area contributed by atoms with Crippen LogP contribution in [0.3, 0.4) is 0 Å². The summed E-state index contributed by atoms with van der Waals surface area (Å²) >= 11 is 0. The van der Waals surface area contributed by atoms with Gasteiger partial charge in [0.2, 0.25) is 5.91 Å². The molecule has 0 aliphatic rings.